The molecule has 0 radical (unpaired) electrons. The van der Waals surface area contributed by atoms with Crippen LogP contribution in [0.25, 0.3) is 0 Å². The average molecular weight is 254 g/mol. The van der Waals surface area contributed by atoms with Crippen molar-refractivity contribution in [1.29, 1.82) is 0 Å². The number of piperazine rings is 1. The lowest BCUT2D eigenvalue weighted by Gasteiger charge is -2.41. The fourth-order valence-corrected chi connectivity index (χ4v) is 3.33. The quantitative estimate of drug-likeness (QED) is 0.735. The van der Waals surface area contributed by atoms with E-state index >= 15 is 0 Å². The first-order valence-electron chi connectivity index (χ1n) is 7.30. The molecule has 1 saturated carbocycles. The van der Waals surface area contributed by atoms with Gasteiger partial charge in [0.2, 0.25) is 0 Å². The Balaban J connectivity index is 1.80. The Labute approximate surface area is 110 Å². The minimum Gasteiger partial charge on any atom is -0.395 e. The van der Waals surface area contributed by atoms with Gasteiger partial charge in [0.15, 0.2) is 0 Å². The number of carbonyl (C=O) groups excluding carboxylic acids is 1. The minimum atomic E-state index is -0.0581. The maximum Gasteiger partial charge on any atom is 0.127 e. The Morgan fingerprint density at radius 1 is 1.00 bits per heavy atom. The summed E-state index contributed by atoms with van der Waals surface area (Å²) in [5.74, 6) is 0. The van der Waals surface area contributed by atoms with Crippen LogP contribution in [-0.2, 0) is 4.79 Å². The molecule has 1 aliphatic carbocycles. The highest BCUT2D eigenvalue weighted by Gasteiger charge is 2.34. The number of nitrogens with zero attached hydrogens (tertiary/aromatic N) is 2. The molecule has 0 atom stereocenters. The molecule has 0 spiro atoms. The lowest BCUT2D eigenvalue weighted by molar-refractivity contribution is -0.119. The summed E-state index contributed by atoms with van der Waals surface area (Å²) in [5, 5.41) is 8.92. The lowest BCUT2D eigenvalue weighted by Crippen LogP contribution is -2.51. The van der Waals surface area contributed by atoms with Gasteiger partial charge in [-0.05, 0) is 12.8 Å². The molecule has 1 aliphatic heterocycles. The fraction of sp³-hybridized carbons (Fsp3) is 0.929. The first kappa shape index (κ1) is 14.0. The lowest BCUT2D eigenvalue weighted by atomic mass is 9.75. The van der Waals surface area contributed by atoms with Crippen LogP contribution in [0.3, 0.4) is 0 Å². The van der Waals surface area contributed by atoms with Crippen LogP contribution >= 0.6 is 0 Å². The van der Waals surface area contributed by atoms with Crippen LogP contribution in [0.5, 0.6) is 0 Å². The second-order valence-corrected chi connectivity index (χ2v) is 5.88. The van der Waals surface area contributed by atoms with Crippen molar-refractivity contribution in [1.82, 2.24) is 9.80 Å². The Bertz CT molecular complexity index is 257. The van der Waals surface area contributed by atoms with E-state index in [1.54, 1.807) is 0 Å². The van der Waals surface area contributed by atoms with Crippen molar-refractivity contribution in [2.24, 2.45) is 5.41 Å². The van der Waals surface area contributed by atoms with Crippen molar-refractivity contribution in [2.45, 2.75) is 32.1 Å². The second-order valence-electron chi connectivity index (χ2n) is 5.88. The number of carbonyl (C=O) groups is 1. The van der Waals surface area contributed by atoms with E-state index in [0.29, 0.717) is 0 Å². The molecule has 1 N–H and O–H groups in total. The van der Waals surface area contributed by atoms with Gasteiger partial charge in [0.05, 0.1) is 6.61 Å². The molecule has 2 aliphatic rings. The smallest absolute Gasteiger partial charge is 0.127 e. The summed E-state index contributed by atoms with van der Waals surface area (Å²) in [4.78, 5) is 16.2. The summed E-state index contributed by atoms with van der Waals surface area (Å²) in [5.41, 5.74) is -0.0581. The van der Waals surface area contributed by atoms with Crippen LogP contribution in [0, 0.1) is 5.41 Å². The molecular formula is C14H26N2O2. The van der Waals surface area contributed by atoms with Gasteiger partial charge in [-0.2, -0.15) is 0 Å². The number of β-amino-alcohol motifs (C(OH)–C–C–N with tert-alkyl or cyclic N) is 1. The van der Waals surface area contributed by atoms with Crippen molar-refractivity contribution in [2.75, 3.05) is 45.9 Å². The van der Waals surface area contributed by atoms with Crippen LogP contribution in [-0.4, -0.2) is 67.1 Å². The summed E-state index contributed by atoms with van der Waals surface area (Å²) < 4.78 is 0. The van der Waals surface area contributed by atoms with Gasteiger partial charge >= 0.3 is 0 Å². The van der Waals surface area contributed by atoms with Crippen LogP contribution in [0.15, 0.2) is 0 Å². The third kappa shape index (κ3) is 3.53. The Morgan fingerprint density at radius 3 is 2.17 bits per heavy atom. The highest BCUT2D eigenvalue weighted by Crippen LogP contribution is 2.35. The van der Waals surface area contributed by atoms with Gasteiger partial charge in [-0.1, -0.05) is 19.3 Å². The molecule has 104 valence electrons. The zero-order valence-corrected chi connectivity index (χ0v) is 11.3. The summed E-state index contributed by atoms with van der Waals surface area (Å²) in [6, 6.07) is 0. The maximum atomic E-state index is 11.5. The number of hydrogen-bond acceptors (Lipinski definition) is 4. The largest absolute Gasteiger partial charge is 0.395 e. The number of hydrogen-bond donors (Lipinski definition) is 1. The van der Waals surface area contributed by atoms with Crippen molar-refractivity contribution in [3.8, 4) is 0 Å². The topological polar surface area (TPSA) is 43.8 Å². The number of aliphatic hydroxyl groups excluding tert-OH is 1. The third-order valence-electron chi connectivity index (χ3n) is 4.52. The molecule has 2 rings (SSSR count). The second kappa shape index (κ2) is 6.64. The van der Waals surface area contributed by atoms with Crippen LogP contribution in [0.1, 0.15) is 32.1 Å². The van der Waals surface area contributed by atoms with Crippen LogP contribution in [0.2, 0.25) is 0 Å². The van der Waals surface area contributed by atoms with Gasteiger partial charge in [0.1, 0.15) is 6.29 Å². The van der Waals surface area contributed by atoms with Crippen molar-refractivity contribution < 1.29 is 9.90 Å². The standard InChI is InChI=1S/C14H26N2O2/c17-11-10-15-6-8-16(9-7-15)12-14(13-18)4-2-1-3-5-14/h13,17H,1-12H2. The zero-order valence-electron chi connectivity index (χ0n) is 11.3. The molecule has 0 bridgehead atoms. The Hall–Kier alpha value is -0.450. The summed E-state index contributed by atoms with van der Waals surface area (Å²) in [7, 11) is 0. The van der Waals surface area contributed by atoms with Gasteiger partial charge in [-0.3, -0.25) is 9.80 Å². The van der Waals surface area contributed by atoms with E-state index in [1.165, 1.54) is 25.5 Å². The van der Waals surface area contributed by atoms with E-state index in [1.807, 2.05) is 0 Å². The molecule has 18 heavy (non-hydrogen) atoms. The van der Waals surface area contributed by atoms with Gasteiger partial charge < -0.3 is 9.90 Å². The molecule has 0 unspecified atom stereocenters. The Kier molecular flexibility index (Phi) is 5.15. The van der Waals surface area contributed by atoms with Gasteiger partial charge in [-0.25, -0.2) is 0 Å². The van der Waals surface area contributed by atoms with Crippen molar-refractivity contribution >= 4 is 6.29 Å². The predicted octanol–water partition coefficient (Wildman–Crippen LogP) is 0.746. The SMILES string of the molecule is O=CC1(CN2CCN(CCO)CC2)CCCCC1. The van der Waals surface area contributed by atoms with Crippen LogP contribution < -0.4 is 0 Å². The predicted molar refractivity (Wildman–Crippen MR) is 71.5 cm³/mol. The van der Waals surface area contributed by atoms with Crippen molar-refractivity contribution in [3.05, 3.63) is 0 Å². The highest BCUT2D eigenvalue weighted by atomic mass is 16.3. The maximum absolute atomic E-state index is 11.5. The van der Waals surface area contributed by atoms with E-state index in [9.17, 15) is 4.79 Å². The summed E-state index contributed by atoms with van der Waals surface area (Å²) >= 11 is 0. The summed E-state index contributed by atoms with van der Waals surface area (Å²) in [6.07, 6.45) is 7.10. The average Bonchev–Trinajstić information content (AvgIpc) is 2.42. The minimum absolute atomic E-state index is 0.0581. The summed E-state index contributed by atoms with van der Waals surface area (Å²) in [6.45, 7) is 6.10. The first-order valence-corrected chi connectivity index (χ1v) is 7.30. The van der Waals surface area contributed by atoms with Gasteiger partial charge in [0, 0.05) is 44.7 Å². The number of aldehydes is 1. The Morgan fingerprint density at radius 2 is 1.61 bits per heavy atom. The van der Waals surface area contributed by atoms with E-state index in [4.69, 9.17) is 5.11 Å². The molecule has 4 heteroatoms. The monoisotopic (exact) mass is 254 g/mol. The molecular weight excluding hydrogens is 228 g/mol. The van der Waals surface area contributed by atoms with Gasteiger partial charge in [0.25, 0.3) is 0 Å². The van der Waals surface area contributed by atoms with Crippen LogP contribution in [0.4, 0.5) is 0 Å². The number of rotatable bonds is 5. The first-order chi connectivity index (χ1) is 8.78. The van der Waals surface area contributed by atoms with Gasteiger partial charge in [-0.15, -0.1) is 0 Å². The number of aliphatic hydroxyl groups is 1. The molecule has 0 aromatic rings. The molecule has 1 saturated heterocycles. The third-order valence-corrected chi connectivity index (χ3v) is 4.52. The molecule has 1 heterocycles. The molecule has 0 amide bonds. The van der Waals surface area contributed by atoms with E-state index in [-0.39, 0.29) is 12.0 Å². The van der Waals surface area contributed by atoms with E-state index < -0.39 is 0 Å². The zero-order chi connectivity index (χ0) is 12.8. The molecule has 4 nitrogen and oxygen atoms in total. The normalized spacial score (nSPS) is 26.1. The fourth-order valence-electron chi connectivity index (χ4n) is 3.33. The van der Waals surface area contributed by atoms with Crippen molar-refractivity contribution in [3.63, 3.8) is 0 Å². The van der Waals surface area contributed by atoms with E-state index in [2.05, 4.69) is 9.80 Å². The highest BCUT2D eigenvalue weighted by molar-refractivity contribution is 5.60. The molecule has 2 fully saturated rings. The van der Waals surface area contributed by atoms with E-state index in [0.717, 1.165) is 52.1 Å². The molecule has 0 aromatic heterocycles. The molecule has 0 aromatic carbocycles.